The Labute approximate surface area is 72.4 Å². The molecule has 0 fully saturated rings. The first kappa shape index (κ1) is 10.4. The van der Waals surface area contributed by atoms with Crippen molar-refractivity contribution in [2.24, 2.45) is 0 Å². The Bertz CT molecular complexity index is 181. The van der Waals surface area contributed by atoms with Crippen LogP contribution in [0, 0.1) is 0 Å². The van der Waals surface area contributed by atoms with Gasteiger partial charge in [0.1, 0.15) is 5.83 Å². The van der Waals surface area contributed by atoms with Crippen molar-refractivity contribution in [1.82, 2.24) is 5.32 Å². The first-order valence-electron chi connectivity index (χ1n) is 2.94. The summed E-state index contributed by atoms with van der Waals surface area (Å²) >= 11 is 2.91. The molecule has 0 aromatic carbocycles. The Hall–Kier alpha value is -0.580. The van der Waals surface area contributed by atoms with Crippen LogP contribution in [0.15, 0.2) is 11.4 Å². The number of alkyl halides is 1. The minimum absolute atomic E-state index is 0.0345. The van der Waals surface area contributed by atoms with Gasteiger partial charge in [0, 0.05) is 6.54 Å². The maximum Gasteiger partial charge on any atom is 0.404 e. The van der Waals surface area contributed by atoms with Crippen molar-refractivity contribution in [3.8, 4) is 0 Å². The Morgan fingerprint density at radius 3 is 2.64 bits per heavy atom. The van der Waals surface area contributed by atoms with Gasteiger partial charge in [0.15, 0.2) is 0 Å². The fraction of sp³-hybridized carbons (Fsp3) is 0.500. The molecular weight excluding hydrogens is 217 g/mol. The lowest BCUT2D eigenvalue weighted by atomic mass is 10.3. The third-order valence-corrected chi connectivity index (χ3v) is 1.58. The van der Waals surface area contributed by atoms with Gasteiger partial charge in [-0.05, 0) is 12.5 Å². The molecule has 0 saturated heterocycles. The van der Waals surface area contributed by atoms with Gasteiger partial charge in [0.05, 0.1) is 5.33 Å². The Kier molecular flexibility index (Phi) is 4.85. The van der Waals surface area contributed by atoms with Gasteiger partial charge in [-0.15, -0.1) is 0 Å². The van der Waals surface area contributed by atoms with E-state index in [-0.39, 0.29) is 17.7 Å². The van der Waals surface area contributed by atoms with E-state index in [2.05, 4.69) is 21.2 Å². The third-order valence-electron chi connectivity index (χ3n) is 1.09. The minimum Gasteiger partial charge on any atom is -0.465 e. The van der Waals surface area contributed by atoms with Crippen molar-refractivity contribution in [2.45, 2.75) is 6.92 Å². The highest BCUT2D eigenvalue weighted by atomic mass is 79.9. The number of carbonyl (C=O) groups is 1. The summed E-state index contributed by atoms with van der Waals surface area (Å²) < 4.78 is 12.6. The maximum atomic E-state index is 12.6. The first-order valence-corrected chi connectivity index (χ1v) is 4.07. The summed E-state index contributed by atoms with van der Waals surface area (Å²) in [4.78, 5) is 9.95. The molecule has 2 N–H and O–H groups in total. The number of nitrogens with one attached hydrogen (secondary N) is 1. The van der Waals surface area contributed by atoms with Gasteiger partial charge in [-0.3, -0.25) is 0 Å². The molecule has 0 aliphatic rings. The van der Waals surface area contributed by atoms with Crippen LogP contribution < -0.4 is 5.32 Å². The number of hydrogen-bond acceptors (Lipinski definition) is 1. The zero-order chi connectivity index (χ0) is 8.85. The molecule has 0 aliphatic heterocycles. The lowest BCUT2D eigenvalue weighted by Crippen LogP contribution is -2.23. The van der Waals surface area contributed by atoms with E-state index < -0.39 is 6.09 Å². The molecule has 0 atom stereocenters. The van der Waals surface area contributed by atoms with Crippen LogP contribution in [-0.2, 0) is 0 Å². The second kappa shape index (κ2) is 5.12. The highest BCUT2D eigenvalue weighted by molar-refractivity contribution is 9.09. The second-order valence-corrected chi connectivity index (χ2v) is 2.54. The van der Waals surface area contributed by atoms with Crippen LogP contribution in [0.4, 0.5) is 9.18 Å². The molecule has 0 spiro atoms. The molecule has 64 valence electrons. The van der Waals surface area contributed by atoms with E-state index in [1.54, 1.807) is 0 Å². The number of allylic oxidation sites excluding steroid dienone is 1. The zero-order valence-electron chi connectivity index (χ0n) is 6.03. The zero-order valence-corrected chi connectivity index (χ0v) is 7.61. The predicted molar refractivity (Wildman–Crippen MR) is 43.6 cm³/mol. The SMILES string of the molecule is CC(CNC(=O)O)=C(F)CBr. The number of rotatable bonds is 3. The summed E-state index contributed by atoms with van der Waals surface area (Å²) in [5.74, 6) is -0.334. The molecular formula is C6H9BrFNO2. The Morgan fingerprint density at radius 1 is 1.73 bits per heavy atom. The Balaban J connectivity index is 3.85. The molecule has 0 aromatic rings. The first-order chi connectivity index (χ1) is 5.07. The van der Waals surface area contributed by atoms with Crippen LogP contribution in [0.2, 0.25) is 0 Å². The van der Waals surface area contributed by atoms with Crippen molar-refractivity contribution in [3.63, 3.8) is 0 Å². The molecule has 0 bridgehead atoms. The van der Waals surface area contributed by atoms with Crippen molar-refractivity contribution in [2.75, 3.05) is 11.9 Å². The molecule has 0 rings (SSSR count). The van der Waals surface area contributed by atoms with Crippen LogP contribution in [0.3, 0.4) is 0 Å². The molecule has 0 radical (unpaired) electrons. The fourth-order valence-electron chi connectivity index (χ4n) is 0.418. The van der Waals surface area contributed by atoms with Gasteiger partial charge in [-0.2, -0.15) is 0 Å². The molecule has 3 nitrogen and oxygen atoms in total. The number of carboxylic acid groups (broad SMARTS) is 1. The van der Waals surface area contributed by atoms with Crippen LogP contribution in [0.25, 0.3) is 0 Å². The molecule has 0 heterocycles. The largest absolute Gasteiger partial charge is 0.465 e. The van der Waals surface area contributed by atoms with E-state index in [1.165, 1.54) is 6.92 Å². The molecule has 0 unspecified atom stereocenters. The van der Waals surface area contributed by atoms with E-state index >= 15 is 0 Å². The molecule has 1 amide bonds. The van der Waals surface area contributed by atoms with Gasteiger partial charge in [0.25, 0.3) is 0 Å². The van der Waals surface area contributed by atoms with E-state index in [0.29, 0.717) is 5.57 Å². The number of hydrogen-bond donors (Lipinski definition) is 2. The van der Waals surface area contributed by atoms with Gasteiger partial charge in [-0.1, -0.05) is 15.9 Å². The summed E-state index contributed by atoms with van der Waals surface area (Å²) in [6, 6.07) is 0. The van der Waals surface area contributed by atoms with Gasteiger partial charge in [0.2, 0.25) is 0 Å². The standard InChI is InChI=1S/C6H9BrFNO2/c1-4(5(8)2-7)3-9-6(10)11/h9H,2-3H2,1H3,(H,10,11). The third kappa shape index (κ3) is 4.78. The molecule has 0 aliphatic carbocycles. The average molecular weight is 226 g/mol. The average Bonchev–Trinajstić information content (AvgIpc) is 1.98. The molecule has 5 heteroatoms. The van der Waals surface area contributed by atoms with Crippen molar-refractivity contribution in [1.29, 1.82) is 0 Å². The number of amides is 1. The summed E-state index contributed by atoms with van der Waals surface area (Å²) in [5.41, 5.74) is 0.393. The van der Waals surface area contributed by atoms with Crippen LogP contribution in [0.1, 0.15) is 6.92 Å². The normalized spacial score (nSPS) is 12.3. The maximum absolute atomic E-state index is 12.6. The fourth-order valence-corrected chi connectivity index (χ4v) is 0.897. The Morgan fingerprint density at radius 2 is 2.27 bits per heavy atom. The van der Waals surface area contributed by atoms with E-state index in [9.17, 15) is 9.18 Å². The lowest BCUT2D eigenvalue weighted by Gasteiger charge is -2.01. The van der Waals surface area contributed by atoms with Crippen LogP contribution in [0.5, 0.6) is 0 Å². The smallest absolute Gasteiger partial charge is 0.404 e. The molecule has 11 heavy (non-hydrogen) atoms. The van der Waals surface area contributed by atoms with Crippen LogP contribution >= 0.6 is 15.9 Å². The van der Waals surface area contributed by atoms with Crippen molar-refractivity contribution in [3.05, 3.63) is 11.4 Å². The highest BCUT2D eigenvalue weighted by Crippen LogP contribution is 2.07. The summed E-state index contributed by atoms with van der Waals surface area (Å²) in [6.07, 6.45) is -1.15. The molecule has 0 aromatic heterocycles. The van der Waals surface area contributed by atoms with Crippen molar-refractivity contribution >= 4 is 22.0 Å². The minimum atomic E-state index is -1.15. The molecule has 0 saturated carbocycles. The number of halogens is 2. The quantitative estimate of drug-likeness (QED) is 0.722. The van der Waals surface area contributed by atoms with Gasteiger partial charge < -0.3 is 10.4 Å². The van der Waals surface area contributed by atoms with Crippen LogP contribution in [-0.4, -0.2) is 23.1 Å². The van der Waals surface area contributed by atoms with E-state index in [4.69, 9.17) is 5.11 Å². The monoisotopic (exact) mass is 225 g/mol. The summed E-state index contributed by atoms with van der Waals surface area (Å²) in [7, 11) is 0. The topological polar surface area (TPSA) is 49.3 Å². The van der Waals surface area contributed by atoms with E-state index in [0.717, 1.165) is 0 Å². The summed E-state index contributed by atoms with van der Waals surface area (Å²) in [6.45, 7) is 1.57. The van der Waals surface area contributed by atoms with Gasteiger partial charge >= 0.3 is 6.09 Å². The summed E-state index contributed by atoms with van der Waals surface area (Å²) in [5, 5.41) is 10.3. The van der Waals surface area contributed by atoms with Crippen molar-refractivity contribution < 1.29 is 14.3 Å². The van der Waals surface area contributed by atoms with E-state index in [1.807, 2.05) is 0 Å². The lowest BCUT2D eigenvalue weighted by molar-refractivity contribution is 0.195. The second-order valence-electron chi connectivity index (χ2n) is 1.98. The highest BCUT2D eigenvalue weighted by Gasteiger charge is 2.00. The predicted octanol–water partition coefficient (Wildman–Crippen LogP) is 1.89. The van der Waals surface area contributed by atoms with Gasteiger partial charge in [-0.25, -0.2) is 9.18 Å².